The standard InChI is InChI=1S/C15H23N2O.C5H5.Fe/c1-3-7-15(13-8-4-5-9-13)16-17-11-6-10-14(17)12-18-2;1-2-4-5-3-1;/h4-5,8-9,14H,3,6-7,10-12H2,1-2H3;1-5H;/q;;+2/b16-15+;;/t14-;;/m0../s1. The Bertz CT molecular complexity index is 331. The molecule has 1 atom stereocenters. The van der Waals surface area contributed by atoms with Crippen molar-refractivity contribution in [2.45, 2.75) is 38.6 Å². The van der Waals surface area contributed by atoms with E-state index in [9.17, 15) is 0 Å². The second kappa shape index (κ2) is 13.2. The molecule has 3 fully saturated rings. The summed E-state index contributed by atoms with van der Waals surface area (Å²) in [6.45, 7) is 4.04. The van der Waals surface area contributed by atoms with E-state index >= 15 is 0 Å². The van der Waals surface area contributed by atoms with E-state index < -0.39 is 0 Å². The fourth-order valence-electron chi connectivity index (χ4n) is 2.84. The van der Waals surface area contributed by atoms with Crippen LogP contribution in [0.15, 0.2) is 5.10 Å². The molecule has 0 unspecified atom stereocenters. The van der Waals surface area contributed by atoms with Crippen LogP contribution in [-0.4, -0.2) is 37.0 Å². The molecule has 2 saturated carbocycles. The van der Waals surface area contributed by atoms with Crippen LogP contribution < -0.4 is 0 Å². The van der Waals surface area contributed by atoms with Gasteiger partial charge in [-0.15, -0.1) is 0 Å². The van der Waals surface area contributed by atoms with Crippen molar-refractivity contribution in [3.8, 4) is 0 Å². The average Bonchev–Trinajstić information content (AvgIpc) is 3.32. The number of nitrogens with zero attached hydrogens (tertiary/aromatic N) is 2. The Morgan fingerprint density at radius 2 is 1.75 bits per heavy atom. The molecule has 1 aliphatic heterocycles. The van der Waals surface area contributed by atoms with Gasteiger partial charge < -0.3 is 4.74 Å². The fourth-order valence-corrected chi connectivity index (χ4v) is 2.84. The summed E-state index contributed by atoms with van der Waals surface area (Å²) < 4.78 is 5.28. The molecule has 0 N–H and O–H groups in total. The van der Waals surface area contributed by atoms with Crippen LogP contribution in [0.1, 0.15) is 32.6 Å². The van der Waals surface area contributed by atoms with E-state index in [0.717, 1.165) is 26.0 Å². The first-order valence-corrected chi connectivity index (χ1v) is 8.57. The molecule has 0 spiro atoms. The fraction of sp³-hybridized carbons (Fsp3) is 0.450. The molecule has 0 bridgehead atoms. The summed E-state index contributed by atoms with van der Waals surface area (Å²) in [5.74, 6) is 1.26. The molecule has 1 heterocycles. The third kappa shape index (κ3) is 7.45. The molecule has 2 aliphatic carbocycles. The third-order valence-electron chi connectivity index (χ3n) is 3.99. The van der Waals surface area contributed by atoms with E-state index in [4.69, 9.17) is 9.84 Å². The van der Waals surface area contributed by atoms with Crippen LogP contribution >= 0.6 is 0 Å². The van der Waals surface area contributed by atoms with E-state index in [2.05, 4.69) is 37.6 Å². The predicted molar refractivity (Wildman–Crippen MR) is 95.9 cm³/mol. The zero-order valence-electron chi connectivity index (χ0n) is 14.7. The summed E-state index contributed by atoms with van der Waals surface area (Å²) in [5.41, 5.74) is 1.21. The Labute approximate surface area is 160 Å². The van der Waals surface area contributed by atoms with E-state index in [1.165, 1.54) is 24.5 Å². The molecule has 0 aromatic carbocycles. The number of hydrogen-bond acceptors (Lipinski definition) is 3. The van der Waals surface area contributed by atoms with Crippen molar-refractivity contribution in [1.29, 1.82) is 0 Å². The number of hydrazone groups is 1. The maximum absolute atomic E-state index is 5.28. The minimum absolute atomic E-state index is 0. The second-order valence-corrected chi connectivity index (χ2v) is 5.85. The van der Waals surface area contributed by atoms with Crippen molar-refractivity contribution in [2.24, 2.45) is 5.10 Å². The predicted octanol–water partition coefficient (Wildman–Crippen LogP) is 3.68. The first kappa shape index (κ1) is 22.0. The number of rotatable bonds is 6. The van der Waals surface area contributed by atoms with Crippen LogP contribution in [0.4, 0.5) is 0 Å². The van der Waals surface area contributed by atoms with Crippen molar-refractivity contribution < 1.29 is 21.8 Å². The normalized spacial score (nSPS) is 24.7. The van der Waals surface area contributed by atoms with Crippen molar-refractivity contribution >= 4 is 5.71 Å². The summed E-state index contributed by atoms with van der Waals surface area (Å²) in [7, 11) is 1.77. The van der Waals surface area contributed by atoms with Gasteiger partial charge in [0, 0.05) is 25.3 Å². The van der Waals surface area contributed by atoms with Gasteiger partial charge in [-0.2, -0.15) is 5.10 Å². The summed E-state index contributed by atoms with van der Waals surface area (Å²) in [6, 6.07) is 0.455. The number of hydrogen-bond donors (Lipinski definition) is 0. The number of methoxy groups -OCH3 is 1. The summed E-state index contributed by atoms with van der Waals surface area (Å²) >= 11 is 0. The minimum atomic E-state index is 0. The van der Waals surface area contributed by atoms with Gasteiger partial charge in [-0.25, -0.2) is 0 Å². The SMILES string of the molecule is CCC/C(=N\N1CCC[C@H]1COC)[C]1[CH][CH][CH][CH]1.[CH]1[CH][CH][CH][CH]1.[Fe+2]. The Morgan fingerprint density at radius 3 is 2.29 bits per heavy atom. The topological polar surface area (TPSA) is 24.8 Å². The van der Waals surface area contributed by atoms with Gasteiger partial charge in [0.2, 0.25) is 0 Å². The Hall–Kier alpha value is -0.0505. The van der Waals surface area contributed by atoms with Crippen molar-refractivity contribution in [3.05, 3.63) is 63.7 Å². The van der Waals surface area contributed by atoms with Crippen LogP contribution in [0.3, 0.4) is 0 Å². The van der Waals surface area contributed by atoms with E-state index in [-0.39, 0.29) is 17.1 Å². The van der Waals surface area contributed by atoms with Crippen LogP contribution in [0.2, 0.25) is 0 Å². The van der Waals surface area contributed by atoms with E-state index in [1.807, 2.05) is 32.1 Å². The zero-order valence-corrected chi connectivity index (χ0v) is 15.8. The van der Waals surface area contributed by atoms with Gasteiger partial charge in [-0.3, -0.25) is 5.01 Å². The van der Waals surface area contributed by atoms with Crippen molar-refractivity contribution in [3.63, 3.8) is 0 Å². The van der Waals surface area contributed by atoms with Gasteiger partial charge in [0.05, 0.1) is 12.6 Å². The van der Waals surface area contributed by atoms with Crippen LogP contribution in [0, 0.1) is 63.7 Å². The molecule has 0 aromatic heterocycles. The number of ether oxygens (including phenoxy) is 1. The summed E-state index contributed by atoms with van der Waals surface area (Å²) in [6.07, 6.45) is 23.0. The van der Waals surface area contributed by atoms with Gasteiger partial charge in [0.15, 0.2) is 0 Å². The zero-order chi connectivity index (χ0) is 16.3. The molecule has 1 saturated heterocycles. The molecule has 3 aliphatic rings. The monoisotopic (exact) mass is 368 g/mol. The summed E-state index contributed by atoms with van der Waals surface area (Å²) in [4.78, 5) is 0. The van der Waals surface area contributed by atoms with Crippen molar-refractivity contribution in [1.82, 2.24) is 5.01 Å². The maximum atomic E-state index is 5.28. The Kier molecular flexibility index (Phi) is 12.1. The molecular weight excluding hydrogens is 340 g/mol. The quantitative estimate of drug-likeness (QED) is 0.528. The molecule has 3 nitrogen and oxygen atoms in total. The van der Waals surface area contributed by atoms with E-state index in [1.54, 1.807) is 7.11 Å². The van der Waals surface area contributed by atoms with Gasteiger partial charge in [-0.1, -0.05) is 13.3 Å². The Morgan fingerprint density at radius 1 is 1.12 bits per heavy atom. The molecule has 130 valence electrons. The van der Waals surface area contributed by atoms with Crippen LogP contribution in [-0.2, 0) is 21.8 Å². The summed E-state index contributed by atoms with van der Waals surface area (Å²) in [5, 5.41) is 7.10. The Balaban J connectivity index is 0.000000412. The molecule has 24 heavy (non-hydrogen) atoms. The van der Waals surface area contributed by atoms with Crippen molar-refractivity contribution in [2.75, 3.05) is 20.3 Å². The molecular formula is C20H28FeN2O+2. The van der Waals surface area contributed by atoms with Crippen LogP contribution in [0.25, 0.3) is 0 Å². The van der Waals surface area contributed by atoms with Gasteiger partial charge >= 0.3 is 17.1 Å². The largest absolute Gasteiger partial charge is 2.00 e. The smallest absolute Gasteiger partial charge is 0.382 e. The molecule has 4 heteroatoms. The third-order valence-corrected chi connectivity index (χ3v) is 3.99. The minimum Gasteiger partial charge on any atom is -0.382 e. The first-order valence-electron chi connectivity index (χ1n) is 8.57. The maximum Gasteiger partial charge on any atom is 2.00 e. The van der Waals surface area contributed by atoms with Gasteiger partial charge in [0.1, 0.15) is 0 Å². The van der Waals surface area contributed by atoms with E-state index in [0.29, 0.717) is 6.04 Å². The molecule has 0 aromatic rings. The van der Waals surface area contributed by atoms with Gasteiger partial charge in [-0.05, 0) is 77.0 Å². The average molecular weight is 368 g/mol. The first-order chi connectivity index (χ1) is 11.3. The molecule has 3 rings (SSSR count). The second-order valence-electron chi connectivity index (χ2n) is 5.85. The van der Waals surface area contributed by atoms with Crippen LogP contribution in [0.5, 0.6) is 0 Å². The van der Waals surface area contributed by atoms with Gasteiger partial charge in [0.25, 0.3) is 0 Å². The molecule has 10 radical (unpaired) electrons. The molecule has 0 amide bonds.